The van der Waals surface area contributed by atoms with E-state index in [4.69, 9.17) is 4.42 Å². The van der Waals surface area contributed by atoms with E-state index in [1.807, 2.05) is 25.3 Å². The van der Waals surface area contributed by atoms with Crippen molar-refractivity contribution in [3.05, 3.63) is 46.0 Å². The summed E-state index contributed by atoms with van der Waals surface area (Å²) in [7, 11) is 0. The minimum absolute atomic E-state index is 0.0911. The van der Waals surface area contributed by atoms with Gasteiger partial charge in [0.05, 0.1) is 11.1 Å². The summed E-state index contributed by atoms with van der Waals surface area (Å²) in [5, 5.41) is 14.7. The molecule has 0 saturated heterocycles. The van der Waals surface area contributed by atoms with Gasteiger partial charge in [-0.3, -0.25) is 4.79 Å². The number of rotatable bonds is 5. The molecular weight excluding hydrogens is 262 g/mol. The Bertz CT molecular complexity index is 533. The minimum Gasteiger partial charge on any atom is -0.467 e. The minimum atomic E-state index is -0.699. The second-order valence-corrected chi connectivity index (χ2v) is 5.49. The van der Waals surface area contributed by atoms with Crippen molar-refractivity contribution in [1.29, 1.82) is 0 Å². The number of carbonyl (C=O) groups excluding carboxylic acids is 1. The Balaban J connectivity index is 1.89. The highest BCUT2D eigenvalue weighted by Gasteiger charge is 2.18. The maximum absolute atomic E-state index is 12.0. The molecule has 1 amide bonds. The molecule has 0 aliphatic carbocycles. The molecule has 0 aliphatic rings. The molecule has 2 N–H and O–H groups in total. The van der Waals surface area contributed by atoms with E-state index in [9.17, 15) is 9.90 Å². The Morgan fingerprint density at radius 2 is 2.32 bits per heavy atom. The van der Waals surface area contributed by atoms with Gasteiger partial charge in [0.1, 0.15) is 11.9 Å². The average molecular weight is 279 g/mol. The molecule has 5 heteroatoms. The fraction of sp³-hybridized carbons (Fsp3) is 0.357. The van der Waals surface area contributed by atoms with Crippen LogP contribution in [0.1, 0.15) is 40.4 Å². The van der Waals surface area contributed by atoms with E-state index in [1.165, 1.54) is 17.6 Å². The zero-order valence-electron chi connectivity index (χ0n) is 10.9. The molecule has 0 radical (unpaired) electrons. The van der Waals surface area contributed by atoms with Gasteiger partial charge in [0.25, 0.3) is 5.91 Å². The summed E-state index contributed by atoms with van der Waals surface area (Å²) in [6.45, 7) is 3.78. The molecule has 0 aromatic carbocycles. The molecule has 0 fully saturated rings. The van der Waals surface area contributed by atoms with Crippen molar-refractivity contribution in [2.75, 3.05) is 0 Å². The van der Waals surface area contributed by atoms with Crippen LogP contribution in [0.5, 0.6) is 0 Å². The first-order valence-electron chi connectivity index (χ1n) is 6.14. The summed E-state index contributed by atoms with van der Waals surface area (Å²) < 4.78 is 5.13. The van der Waals surface area contributed by atoms with Crippen LogP contribution in [0.4, 0.5) is 0 Å². The number of furan rings is 1. The van der Waals surface area contributed by atoms with Crippen LogP contribution >= 0.6 is 11.3 Å². The fourth-order valence-electron chi connectivity index (χ4n) is 1.89. The van der Waals surface area contributed by atoms with Gasteiger partial charge in [0.2, 0.25) is 0 Å². The monoisotopic (exact) mass is 279 g/mol. The number of hydrogen-bond donors (Lipinski definition) is 2. The van der Waals surface area contributed by atoms with Crippen molar-refractivity contribution < 1.29 is 14.3 Å². The molecule has 2 atom stereocenters. The summed E-state index contributed by atoms with van der Waals surface area (Å²) in [5.74, 6) is 0.431. The molecule has 0 spiro atoms. The SMILES string of the molecule is Cc1ccsc1C(=O)NC(C)CC(O)c1ccco1. The van der Waals surface area contributed by atoms with E-state index >= 15 is 0 Å². The van der Waals surface area contributed by atoms with Gasteiger partial charge in [-0.15, -0.1) is 11.3 Å². The zero-order chi connectivity index (χ0) is 13.8. The molecule has 102 valence electrons. The lowest BCUT2D eigenvalue weighted by atomic mass is 10.1. The second-order valence-electron chi connectivity index (χ2n) is 4.57. The number of hydrogen-bond acceptors (Lipinski definition) is 4. The second kappa shape index (κ2) is 6.04. The first kappa shape index (κ1) is 13.8. The number of aryl methyl sites for hydroxylation is 1. The quantitative estimate of drug-likeness (QED) is 0.884. The molecule has 0 bridgehead atoms. The van der Waals surface area contributed by atoms with E-state index in [1.54, 1.807) is 12.1 Å². The van der Waals surface area contributed by atoms with E-state index in [0.29, 0.717) is 12.2 Å². The van der Waals surface area contributed by atoms with Crippen LogP contribution in [0.15, 0.2) is 34.3 Å². The molecular formula is C14H17NO3S. The summed E-state index contributed by atoms with van der Waals surface area (Å²) in [4.78, 5) is 12.7. The number of thiophene rings is 1. The Morgan fingerprint density at radius 1 is 1.53 bits per heavy atom. The van der Waals surface area contributed by atoms with Crippen molar-refractivity contribution in [2.24, 2.45) is 0 Å². The van der Waals surface area contributed by atoms with Crippen LogP contribution in [-0.2, 0) is 0 Å². The van der Waals surface area contributed by atoms with Gasteiger partial charge >= 0.3 is 0 Å². The van der Waals surface area contributed by atoms with Crippen molar-refractivity contribution in [1.82, 2.24) is 5.32 Å². The van der Waals surface area contributed by atoms with E-state index in [0.717, 1.165) is 10.4 Å². The standard InChI is InChI=1S/C14H17NO3S/c1-9-5-7-19-13(9)14(17)15-10(2)8-11(16)12-4-3-6-18-12/h3-7,10-11,16H,8H2,1-2H3,(H,15,17). The third kappa shape index (κ3) is 3.45. The van der Waals surface area contributed by atoms with Gasteiger partial charge in [-0.2, -0.15) is 0 Å². The Morgan fingerprint density at radius 3 is 2.89 bits per heavy atom. The molecule has 4 nitrogen and oxygen atoms in total. The maximum Gasteiger partial charge on any atom is 0.261 e. The smallest absolute Gasteiger partial charge is 0.261 e. The summed E-state index contributed by atoms with van der Waals surface area (Å²) in [5.41, 5.74) is 0.973. The molecule has 0 aliphatic heterocycles. The van der Waals surface area contributed by atoms with E-state index < -0.39 is 6.10 Å². The van der Waals surface area contributed by atoms with E-state index in [2.05, 4.69) is 5.32 Å². The lowest BCUT2D eigenvalue weighted by Crippen LogP contribution is -2.33. The topological polar surface area (TPSA) is 62.5 Å². The molecule has 2 aromatic heterocycles. The van der Waals surface area contributed by atoms with Gasteiger partial charge in [-0.05, 0) is 43.0 Å². The van der Waals surface area contributed by atoms with Crippen LogP contribution < -0.4 is 5.32 Å². The van der Waals surface area contributed by atoms with Crippen molar-refractivity contribution in [3.63, 3.8) is 0 Å². The van der Waals surface area contributed by atoms with Crippen LogP contribution in [-0.4, -0.2) is 17.1 Å². The molecule has 19 heavy (non-hydrogen) atoms. The molecule has 0 saturated carbocycles. The first-order chi connectivity index (χ1) is 9.08. The fourth-order valence-corrected chi connectivity index (χ4v) is 2.71. The van der Waals surface area contributed by atoms with Gasteiger partial charge in [0.15, 0.2) is 0 Å². The highest BCUT2D eigenvalue weighted by Crippen LogP contribution is 2.20. The number of carbonyl (C=O) groups is 1. The predicted molar refractivity (Wildman–Crippen MR) is 74.3 cm³/mol. The van der Waals surface area contributed by atoms with Crippen LogP contribution in [0.3, 0.4) is 0 Å². The van der Waals surface area contributed by atoms with Crippen LogP contribution in [0, 0.1) is 6.92 Å². The van der Waals surface area contributed by atoms with Crippen molar-refractivity contribution in [3.8, 4) is 0 Å². The van der Waals surface area contributed by atoms with Crippen LogP contribution in [0.2, 0.25) is 0 Å². The number of amides is 1. The highest BCUT2D eigenvalue weighted by molar-refractivity contribution is 7.12. The van der Waals surface area contributed by atoms with Gasteiger partial charge in [0, 0.05) is 12.5 Å². The maximum atomic E-state index is 12.0. The molecule has 2 unspecified atom stereocenters. The number of aliphatic hydroxyl groups is 1. The summed E-state index contributed by atoms with van der Waals surface area (Å²) in [6.07, 6.45) is 1.25. The third-order valence-corrected chi connectivity index (χ3v) is 3.91. The zero-order valence-corrected chi connectivity index (χ0v) is 11.7. The van der Waals surface area contributed by atoms with E-state index in [-0.39, 0.29) is 11.9 Å². The summed E-state index contributed by atoms with van der Waals surface area (Å²) in [6, 6.07) is 5.25. The molecule has 2 heterocycles. The average Bonchev–Trinajstić information content (AvgIpc) is 2.98. The van der Waals surface area contributed by atoms with Gasteiger partial charge in [-0.25, -0.2) is 0 Å². The lowest BCUT2D eigenvalue weighted by molar-refractivity contribution is 0.0906. The predicted octanol–water partition coefficient (Wildman–Crippen LogP) is 2.89. The Hall–Kier alpha value is -1.59. The normalized spacial score (nSPS) is 14.1. The van der Waals surface area contributed by atoms with Crippen molar-refractivity contribution in [2.45, 2.75) is 32.4 Å². The third-order valence-electron chi connectivity index (χ3n) is 2.89. The highest BCUT2D eigenvalue weighted by atomic mass is 32.1. The Kier molecular flexibility index (Phi) is 4.39. The summed E-state index contributed by atoms with van der Waals surface area (Å²) >= 11 is 1.42. The largest absolute Gasteiger partial charge is 0.467 e. The molecule has 2 aromatic rings. The Labute approximate surface area is 116 Å². The number of aliphatic hydroxyl groups excluding tert-OH is 1. The first-order valence-corrected chi connectivity index (χ1v) is 7.02. The van der Waals surface area contributed by atoms with Gasteiger partial charge < -0.3 is 14.8 Å². The lowest BCUT2D eigenvalue weighted by Gasteiger charge is -2.16. The van der Waals surface area contributed by atoms with Crippen LogP contribution in [0.25, 0.3) is 0 Å². The van der Waals surface area contributed by atoms with Crippen molar-refractivity contribution >= 4 is 17.2 Å². The van der Waals surface area contributed by atoms with Gasteiger partial charge in [-0.1, -0.05) is 0 Å². The number of nitrogens with one attached hydrogen (secondary N) is 1. The molecule has 2 rings (SSSR count).